The molecule has 1 fully saturated rings. The van der Waals surface area contributed by atoms with Crippen molar-refractivity contribution in [3.8, 4) is 17.1 Å². The molecule has 9 nitrogen and oxygen atoms in total. The van der Waals surface area contributed by atoms with Crippen LogP contribution in [0.15, 0.2) is 30.3 Å². The Morgan fingerprint density at radius 3 is 2.68 bits per heavy atom. The van der Waals surface area contributed by atoms with Gasteiger partial charge < -0.3 is 15.2 Å². The van der Waals surface area contributed by atoms with Gasteiger partial charge in [-0.05, 0) is 79.5 Å². The van der Waals surface area contributed by atoms with Crippen LogP contribution in [-0.2, 0) is 13.1 Å². The lowest BCUT2D eigenvalue weighted by Crippen LogP contribution is -2.24. The lowest BCUT2D eigenvalue weighted by molar-refractivity contribution is 0.0945. The van der Waals surface area contributed by atoms with Crippen molar-refractivity contribution in [3.05, 3.63) is 53.1 Å². The van der Waals surface area contributed by atoms with E-state index in [0.29, 0.717) is 46.8 Å². The molecular formula is C24H29FN6O3. The molecule has 1 saturated carbocycles. The number of tetrazole rings is 1. The van der Waals surface area contributed by atoms with E-state index in [1.165, 1.54) is 19.2 Å². The van der Waals surface area contributed by atoms with Gasteiger partial charge in [0, 0.05) is 30.5 Å². The maximum Gasteiger partial charge on any atom is 0.270 e. The first-order chi connectivity index (χ1) is 16.4. The molecule has 180 valence electrons. The molecule has 0 radical (unpaired) electrons. The number of aromatic nitrogens is 5. The molecule has 2 aromatic heterocycles. The smallest absolute Gasteiger partial charge is 0.270 e. The van der Waals surface area contributed by atoms with E-state index < -0.39 is 5.82 Å². The van der Waals surface area contributed by atoms with E-state index in [9.17, 15) is 14.3 Å². The van der Waals surface area contributed by atoms with E-state index in [1.54, 1.807) is 23.9 Å². The number of amides is 1. The highest BCUT2D eigenvalue weighted by molar-refractivity contribution is 5.93. The van der Waals surface area contributed by atoms with Crippen LogP contribution in [0.4, 0.5) is 4.39 Å². The second kappa shape index (κ2) is 10.7. The van der Waals surface area contributed by atoms with Gasteiger partial charge in [0.1, 0.15) is 17.3 Å². The fourth-order valence-corrected chi connectivity index (χ4v) is 4.29. The van der Waals surface area contributed by atoms with Crippen LogP contribution in [0, 0.1) is 24.6 Å². The number of hydrogen-bond donors (Lipinski definition) is 2. The molecule has 0 spiro atoms. The zero-order valence-corrected chi connectivity index (χ0v) is 19.4. The van der Waals surface area contributed by atoms with E-state index in [4.69, 9.17) is 4.74 Å². The standard InChI is InChI=1S/C24H29FN6O3/c1-15-7-19(23-28-30-31(29-23)13-16-3-5-17(14-32)6-4-16)10-22(27-15)24(33)26-12-18-8-20(25)11-21(9-18)34-2/h7-11,16-17,32H,3-6,12-14H2,1-2H3,(H,26,33). The molecule has 0 saturated heterocycles. The molecule has 1 aliphatic carbocycles. The molecule has 0 aliphatic heterocycles. The van der Waals surface area contributed by atoms with Crippen LogP contribution < -0.4 is 10.1 Å². The molecular weight excluding hydrogens is 439 g/mol. The van der Waals surface area contributed by atoms with Gasteiger partial charge in [0.15, 0.2) is 0 Å². The number of rotatable bonds is 8. The van der Waals surface area contributed by atoms with Crippen molar-refractivity contribution in [3.63, 3.8) is 0 Å². The number of nitrogens with zero attached hydrogens (tertiary/aromatic N) is 5. The number of nitrogens with one attached hydrogen (secondary N) is 1. The van der Waals surface area contributed by atoms with Gasteiger partial charge in [-0.3, -0.25) is 4.79 Å². The highest BCUT2D eigenvalue weighted by Crippen LogP contribution is 2.29. The van der Waals surface area contributed by atoms with Gasteiger partial charge in [-0.25, -0.2) is 9.37 Å². The second-order valence-electron chi connectivity index (χ2n) is 8.80. The predicted molar refractivity (Wildman–Crippen MR) is 122 cm³/mol. The summed E-state index contributed by atoms with van der Waals surface area (Å²) in [5.74, 6) is 0.861. The number of methoxy groups -OCH3 is 1. The summed E-state index contributed by atoms with van der Waals surface area (Å²) in [4.78, 5) is 18.7. The van der Waals surface area contributed by atoms with E-state index in [-0.39, 0.29) is 24.8 Å². The molecule has 0 unspecified atom stereocenters. The van der Waals surface area contributed by atoms with Crippen LogP contribution in [-0.4, -0.2) is 49.9 Å². The number of hydrogen-bond acceptors (Lipinski definition) is 7. The molecule has 4 rings (SSSR count). The SMILES string of the molecule is COc1cc(F)cc(CNC(=O)c2cc(-c3nnn(CC4CCC(CO)CC4)n3)cc(C)n2)c1. The number of pyridine rings is 1. The fourth-order valence-electron chi connectivity index (χ4n) is 4.29. The Balaban J connectivity index is 1.42. The Hall–Kier alpha value is -3.40. The number of aliphatic hydroxyl groups excluding tert-OH is 1. The summed E-state index contributed by atoms with van der Waals surface area (Å²) in [6.07, 6.45) is 4.12. The largest absolute Gasteiger partial charge is 0.497 e. The quantitative estimate of drug-likeness (QED) is 0.522. The average Bonchev–Trinajstić information content (AvgIpc) is 3.31. The van der Waals surface area contributed by atoms with E-state index >= 15 is 0 Å². The maximum atomic E-state index is 13.7. The second-order valence-corrected chi connectivity index (χ2v) is 8.80. The third-order valence-corrected chi connectivity index (χ3v) is 6.16. The minimum Gasteiger partial charge on any atom is -0.497 e. The highest BCUT2D eigenvalue weighted by atomic mass is 19.1. The first-order valence-electron chi connectivity index (χ1n) is 11.4. The monoisotopic (exact) mass is 468 g/mol. The third kappa shape index (κ3) is 5.93. The van der Waals surface area contributed by atoms with Gasteiger partial charge in [-0.2, -0.15) is 4.80 Å². The van der Waals surface area contributed by atoms with Crippen LogP contribution >= 0.6 is 0 Å². The normalized spacial score (nSPS) is 18.0. The first kappa shape index (κ1) is 23.7. The number of aryl methyl sites for hydroxylation is 1. The van der Waals surface area contributed by atoms with Crippen molar-refractivity contribution in [2.45, 2.75) is 45.7 Å². The molecule has 1 aliphatic rings. The fraction of sp³-hybridized carbons (Fsp3) is 0.458. The van der Waals surface area contributed by atoms with Crippen LogP contribution in [0.2, 0.25) is 0 Å². The Morgan fingerprint density at radius 1 is 1.18 bits per heavy atom. The topological polar surface area (TPSA) is 115 Å². The molecule has 0 atom stereocenters. The number of carbonyl (C=O) groups is 1. The number of ether oxygens (including phenoxy) is 1. The Bertz CT molecular complexity index is 1140. The summed E-state index contributed by atoms with van der Waals surface area (Å²) in [6, 6.07) is 7.72. The van der Waals surface area contributed by atoms with Crippen molar-refractivity contribution < 1.29 is 19.0 Å². The average molecular weight is 469 g/mol. The van der Waals surface area contributed by atoms with Crippen molar-refractivity contribution in [1.82, 2.24) is 30.5 Å². The summed E-state index contributed by atoms with van der Waals surface area (Å²) in [5.41, 5.74) is 2.10. The third-order valence-electron chi connectivity index (χ3n) is 6.16. The van der Waals surface area contributed by atoms with Gasteiger partial charge in [0.2, 0.25) is 5.82 Å². The Morgan fingerprint density at radius 2 is 1.94 bits per heavy atom. The molecule has 34 heavy (non-hydrogen) atoms. The van der Waals surface area contributed by atoms with Crippen LogP contribution in [0.3, 0.4) is 0 Å². The Kier molecular flexibility index (Phi) is 7.46. The molecule has 1 aromatic carbocycles. The summed E-state index contributed by atoms with van der Waals surface area (Å²) < 4.78 is 18.8. The maximum absolute atomic E-state index is 13.7. The van der Waals surface area contributed by atoms with Gasteiger partial charge in [-0.15, -0.1) is 10.2 Å². The van der Waals surface area contributed by atoms with Gasteiger partial charge >= 0.3 is 0 Å². The first-order valence-corrected chi connectivity index (χ1v) is 11.4. The molecule has 10 heteroatoms. The predicted octanol–water partition coefficient (Wildman–Crippen LogP) is 2.92. The van der Waals surface area contributed by atoms with Crippen molar-refractivity contribution >= 4 is 5.91 Å². The Labute approximate surface area is 197 Å². The molecule has 2 heterocycles. The number of aliphatic hydroxyl groups is 1. The molecule has 2 N–H and O–H groups in total. The number of halogens is 1. The van der Waals surface area contributed by atoms with Crippen LogP contribution in [0.1, 0.15) is 47.4 Å². The van der Waals surface area contributed by atoms with Gasteiger partial charge in [0.05, 0.1) is 13.7 Å². The van der Waals surface area contributed by atoms with E-state index in [0.717, 1.165) is 25.7 Å². The van der Waals surface area contributed by atoms with Gasteiger partial charge in [-0.1, -0.05) is 0 Å². The minimum atomic E-state index is -0.435. The van der Waals surface area contributed by atoms with Crippen molar-refractivity contribution in [2.75, 3.05) is 13.7 Å². The molecule has 3 aromatic rings. The van der Waals surface area contributed by atoms with Crippen molar-refractivity contribution in [1.29, 1.82) is 0 Å². The zero-order chi connectivity index (χ0) is 24.1. The molecule has 0 bridgehead atoms. The lowest BCUT2D eigenvalue weighted by atomic mass is 9.82. The lowest BCUT2D eigenvalue weighted by Gasteiger charge is -2.26. The highest BCUT2D eigenvalue weighted by Gasteiger charge is 2.22. The minimum absolute atomic E-state index is 0.130. The summed E-state index contributed by atoms with van der Waals surface area (Å²) in [5, 5.41) is 24.9. The van der Waals surface area contributed by atoms with Gasteiger partial charge in [0.25, 0.3) is 5.91 Å². The number of benzene rings is 1. The van der Waals surface area contributed by atoms with Crippen LogP contribution in [0.25, 0.3) is 11.4 Å². The van der Waals surface area contributed by atoms with Crippen molar-refractivity contribution in [2.24, 2.45) is 11.8 Å². The van der Waals surface area contributed by atoms with E-state index in [1.807, 2.05) is 6.07 Å². The van der Waals surface area contributed by atoms with E-state index in [2.05, 4.69) is 25.7 Å². The molecule has 1 amide bonds. The summed E-state index contributed by atoms with van der Waals surface area (Å²) in [7, 11) is 1.46. The number of carbonyl (C=O) groups excluding carboxylic acids is 1. The summed E-state index contributed by atoms with van der Waals surface area (Å²) in [6.45, 7) is 2.86. The van der Waals surface area contributed by atoms with Crippen LogP contribution in [0.5, 0.6) is 5.75 Å². The zero-order valence-electron chi connectivity index (χ0n) is 19.4. The summed E-state index contributed by atoms with van der Waals surface area (Å²) >= 11 is 0.